The molecule has 0 aliphatic carbocycles. The Labute approximate surface area is 124 Å². The molecule has 1 heterocycles. The average Bonchev–Trinajstić information content (AvgIpc) is 2.88. The number of rotatable bonds is 6. The Morgan fingerprint density at radius 3 is 2.71 bits per heavy atom. The second-order valence-electron chi connectivity index (χ2n) is 4.96. The number of aryl methyl sites for hydroxylation is 2. The lowest BCUT2D eigenvalue weighted by molar-refractivity contribution is 0.0914. The van der Waals surface area contributed by atoms with E-state index in [1.54, 1.807) is 6.92 Å². The van der Waals surface area contributed by atoms with Crippen LogP contribution in [-0.4, -0.2) is 28.8 Å². The van der Waals surface area contributed by atoms with Crippen molar-refractivity contribution in [3.05, 3.63) is 52.9 Å². The van der Waals surface area contributed by atoms with E-state index < -0.39 is 0 Å². The first kappa shape index (κ1) is 15.3. The third-order valence-corrected chi connectivity index (χ3v) is 3.38. The fourth-order valence-corrected chi connectivity index (χ4v) is 2.27. The zero-order valence-electron chi connectivity index (χ0n) is 12.3. The van der Waals surface area contributed by atoms with Gasteiger partial charge in [0.2, 0.25) is 0 Å². The largest absolute Gasteiger partial charge is 0.394 e. The van der Waals surface area contributed by atoms with Gasteiger partial charge in [-0.1, -0.05) is 42.4 Å². The van der Waals surface area contributed by atoms with Gasteiger partial charge in [-0.05, 0) is 25.3 Å². The van der Waals surface area contributed by atoms with E-state index in [1.807, 2.05) is 37.3 Å². The predicted octanol–water partition coefficient (Wildman–Crippen LogP) is 1.88. The first-order valence-corrected chi connectivity index (χ1v) is 7.06. The van der Waals surface area contributed by atoms with Crippen LogP contribution in [0, 0.1) is 6.92 Å². The molecule has 2 N–H and O–H groups in total. The minimum atomic E-state index is -0.334. The maximum absolute atomic E-state index is 12.3. The molecule has 1 atom stereocenters. The molecular formula is C16H20N2O3. The Balaban J connectivity index is 2.08. The summed E-state index contributed by atoms with van der Waals surface area (Å²) in [5.41, 5.74) is 2.18. The van der Waals surface area contributed by atoms with Gasteiger partial charge in [0.25, 0.3) is 5.91 Å². The second kappa shape index (κ2) is 7.04. The Bertz CT molecular complexity index is 593. The highest BCUT2D eigenvalue weighted by Gasteiger charge is 2.21. The molecule has 0 spiro atoms. The van der Waals surface area contributed by atoms with Gasteiger partial charge in [0.05, 0.1) is 18.3 Å². The van der Waals surface area contributed by atoms with E-state index in [0.717, 1.165) is 5.56 Å². The summed E-state index contributed by atoms with van der Waals surface area (Å²) in [6.07, 6.45) is 1.21. The van der Waals surface area contributed by atoms with Gasteiger partial charge < -0.3 is 14.9 Å². The van der Waals surface area contributed by atoms with E-state index >= 15 is 0 Å². The first-order chi connectivity index (χ1) is 10.2. The molecule has 0 bridgehead atoms. The molecule has 112 valence electrons. The maximum atomic E-state index is 12.3. The molecule has 2 rings (SSSR count). The number of carbonyl (C=O) groups is 1. The minimum absolute atomic E-state index is 0.119. The van der Waals surface area contributed by atoms with Gasteiger partial charge in [-0.25, -0.2) is 0 Å². The van der Waals surface area contributed by atoms with Gasteiger partial charge in [0.15, 0.2) is 0 Å². The number of hydrogen-bond donors (Lipinski definition) is 2. The van der Waals surface area contributed by atoms with Gasteiger partial charge in [-0.15, -0.1) is 0 Å². The van der Waals surface area contributed by atoms with Gasteiger partial charge in [0, 0.05) is 0 Å². The molecular weight excluding hydrogens is 268 g/mol. The summed E-state index contributed by atoms with van der Waals surface area (Å²) in [5.74, 6) is 0.251. The normalized spacial score (nSPS) is 12.1. The van der Waals surface area contributed by atoms with Gasteiger partial charge >= 0.3 is 0 Å². The molecule has 0 aliphatic rings. The fourth-order valence-electron chi connectivity index (χ4n) is 2.27. The van der Waals surface area contributed by atoms with Crippen molar-refractivity contribution in [2.75, 3.05) is 6.61 Å². The molecule has 21 heavy (non-hydrogen) atoms. The van der Waals surface area contributed by atoms with Gasteiger partial charge in [-0.2, -0.15) is 0 Å². The van der Waals surface area contributed by atoms with Crippen molar-refractivity contribution in [3.8, 4) is 0 Å². The van der Waals surface area contributed by atoms with E-state index in [0.29, 0.717) is 29.9 Å². The van der Waals surface area contributed by atoms with Gasteiger partial charge in [0.1, 0.15) is 11.3 Å². The van der Waals surface area contributed by atoms with E-state index in [2.05, 4.69) is 10.5 Å². The Kier molecular flexibility index (Phi) is 5.11. The van der Waals surface area contributed by atoms with Crippen LogP contribution in [0.1, 0.15) is 34.3 Å². The maximum Gasteiger partial charge on any atom is 0.257 e. The van der Waals surface area contributed by atoms with Crippen molar-refractivity contribution in [1.29, 1.82) is 0 Å². The highest BCUT2D eigenvalue weighted by atomic mass is 16.5. The van der Waals surface area contributed by atoms with Crippen LogP contribution in [0.2, 0.25) is 0 Å². The smallest absolute Gasteiger partial charge is 0.257 e. The summed E-state index contributed by atoms with van der Waals surface area (Å²) in [5, 5.41) is 16.2. The zero-order valence-corrected chi connectivity index (χ0v) is 12.3. The van der Waals surface area contributed by atoms with Crippen LogP contribution >= 0.6 is 0 Å². The monoisotopic (exact) mass is 288 g/mol. The first-order valence-electron chi connectivity index (χ1n) is 7.06. The molecule has 0 aliphatic heterocycles. The second-order valence-corrected chi connectivity index (χ2v) is 4.96. The van der Waals surface area contributed by atoms with E-state index in [9.17, 15) is 9.90 Å². The average molecular weight is 288 g/mol. The van der Waals surface area contributed by atoms with E-state index in [-0.39, 0.29) is 18.6 Å². The van der Waals surface area contributed by atoms with Crippen LogP contribution < -0.4 is 5.32 Å². The number of carbonyl (C=O) groups excluding carboxylic acids is 1. The summed E-state index contributed by atoms with van der Waals surface area (Å²) >= 11 is 0. The van der Waals surface area contributed by atoms with Crippen LogP contribution in [0.3, 0.4) is 0 Å². The molecule has 1 aromatic carbocycles. The number of hydrogen-bond acceptors (Lipinski definition) is 4. The lowest BCUT2D eigenvalue weighted by Gasteiger charge is -2.16. The molecule has 1 amide bonds. The third-order valence-electron chi connectivity index (χ3n) is 3.38. The molecule has 0 saturated carbocycles. The number of amides is 1. The highest BCUT2D eigenvalue weighted by Crippen LogP contribution is 2.14. The van der Waals surface area contributed by atoms with Crippen molar-refractivity contribution in [2.24, 2.45) is 0 Å². The number of aliphatic hydroxyl groups excluding tert-OH is 1. The summed E-state index contributed by atoms with van der Waals surface area (Å²) in [6.45, 7) is 3.51. The van der Waals surface area contributed by atoms with Crippen LogP contribution in [-0.2, 0) is 12.8 Å². The van der Waals surface area contributed by atoms with Crippen LogP contribution in [0.4, 0.5) is 0 Å². The quantitative estimate of drug-likeness (QED) is 0.851. The molecule has 5 heteroatoms. The highest BCUT2D eigenvalue weighted by molar-refractivity contribution is 5.96. The number of nitrogens with zero attached hydrogens (tertiary/aromatic N) is 1. The standard InChI is InChI=1S/C16H20N2O3/c1-3-14-15(11(2)21-18-14)16(20)17-13(10-19)9-12-7-5-4-6-8-12/h4-8,13,19H,3,9-10H2,1-2H3,(H,17,20). The molecule has 1 unspecified atom stereocenters. The summed E-state index contributed by atoms with van der Waals surface area (Å²) in [6, 6.07) is 9.41. The van der Waals surface area contributed by atoms with Crippen LogP contribution in [0.15, 0.2) is 34.9 Å². The fraction of sp³-hybridized carbons (Fsp3) is 0.375. The number of aromatic nitrogens is 1. The third kappa shape index (κ3) is 3.70. The molecule has 2 aromatic rings. The lowest BCUT2D eigenvalue weighted by atomic mass is 10.1. The minimum Gasteiger partial charge on any atom is -0.394 e. The van der Waals surface area contributed by atoms with Crippen LogP contribution in [0.25, 0.3) is 0 Å². The van der Waals surface area contributed by atoms with Crippen molar-refractivity contribution >= 4 is 5.91 Å². The molecule has 1 aromatic heterocycles. The molecule has 0 fully saturated rings. The van der Waals surface area contributed by atoms with Gasteiger partial charge in [-0.3, -0.25) is 4.79 Å². The zero-order chi connectivity index (χ0) is 15.2. The van der Waals surface area contributed by atoms with Crippen molar-refractivity contribution in [1.82, 2.24) is 10.5 Å². The summed E-state index contributed by atoms with van der Waals surface area (Å²) in [7, 11) is 0. The van der Waals surface area contributed by atoms with E-state index in [4.69, 9.17) is 4.52 Å². The topological polar surface area (TPSA) is 75.4 Å². The van der Waals surface area contributed by atoms with Crippen LogP contribution in [0.5, 0.6) is 0 Å². The van der Waals surface area contributed by atoms with Crippen molar-refractivity contribution in [3.63, 3.8) is 0 Å². The van der Waals surface area contributed by atoms with E-state index in [1.165, 1.54) is 0 Å². The molecule has 0 radical (unpaired) electrons. The summed E-state index contributed by atoms with van der Waals surface area (Å²) < 4.78 is 5.07. The van der Waals surface area contributed by atoms with Crippen molar-refractivity contribution in [2.45, 2.75) is 32.7 Å². The number of benzene rings is 1. The number of aliphatic hydroxyl groups is 1. The number of nitrogens with one attached hydrogen (secondary N) is 1. The Morgan fingerprint density at radius 1 is 1.38 bits per heavy atom. The summed E-state index contributed by atoms with van der Waals surface area (Å²) in [4.78, 5) is 12.3. The molecule has 0 saturated heterocycles. The predicted molar refractivity (Wildman–Crippen MR) is 79.1 cm³/mol. The lowest BCUT2D eigenvalue weighted by Crippen LogP contribution is -2.39. The Morgan fingerprint density at radius 2 is 2.10 bits per heavy atom. The molecule has 5 nitrogen and oxygen atoms in total. The Hall–Kier alpha value is -2.14. The SMILES string of the molecule is CCc1noc(C)c1C(=O)NC(CO)Cc1ccccc1. The van der Waals surface area contributed by atoms with Crippen molar-refractivity contribution < 1.29 is 14.4 Å².